The van der Waals surface area contributed by atoms with Crippen molar-refractivity contribution in [3.8, 4) is 5.75 Å². The Bertz CT molecular complexity index is 1370. The number of hydrogen-bond acceptors (Lipinski definition) is 6. The topological polar surface area (TPSA) is 68.1 Å². The van der Waals surface area contributed by atoms with Crippen molar-refractivity contribution in [1.82, 2.24) is 19.5 Å². The van der Waals surface area contributed by atoms with E-state index in [1.165, 1.54) is 22.3 Å². The van der Waals surface area contributed by atoms with Gasteiger partial charge in [-0.2, -0.15) is 9.97 Å². The van der Waals surface area contributed by atoms with E-state index in [1.807, 2.05) is 17.7 Å². The van der Waals surface area contributed by atoms with Gasteiger partial charge < -0.3 is 19.5 Å². The molecule has 4 aromatic rings. The molecule has 0 radical (unpaired) electrons. The maximum absolute atomic E-state index is 5.43. The van der Waals surface area contributed by atoms with Crippen LogP contribution in [0.2, 0.25) is 0 Å². The number of aromatic nitrogens is 4. The lowest BCUT2D eigenvalue weighted by Crippen LogP contribution is -2.28. The molecule has 0 aliphatic rings. The first-order chi connectivity index (χ1) is 17.1. The highest BCUT2D eigenvalue weighted by molar-refractivity contribution is 5.87. The summed E-state index contributed by atoms with van der Waals surface area (Å²) in [6.07, 6.45) is 2.67. The monoisotopic (exact) mass is 486 g/mol. The summed E-state index contributed by atoms with van der Waals surface area (Å²) in [6.45, 7) is 14.7. The quantitative estimate of drug-likeness (QED) is 0.325. The summed E-state index contributed by atoms with van der Waals surface area (Å²) in [7, 11) is 3.68. The van der Waals surface area contributed by atoms with Crippen LogP contribution in [-0.4, -0.2) is 39.7 Å². The number of ether oxygens (including phenoxy) is 1. The summed E-state index contributed by atoms with van der Waals surface area (Å²) < 4.78 is 7.40. The fraction of sp³-hybridized carbons (Fsp3) is 0.414. The molecule has 2 aromatic heterocycles. The van der Waals surface area contributed by atoms with Crippen LogP contribution >= 0.6 is 0 Å². The highest BCUT2D eigenvalue weighted by Gasteiger charge is 2.19. The van der Waals surface area contributed by atoms with E-state index in [4.69, 9.17) is 14.7 Å². The number of benzene rings is 2. The molecule has 0 aliphatic heterocycles. The Morgan fingerprint density at radius 2 is 1.78 bits per heavy atom. The summed E-state index contributed by atoms with van der Waals surface area (Å²) >= 11 is 0. The summed E-state index contributed by atoms with van der Waals surface area (Å²) in [5, 5.41) is 3.62. The van der Waals surface area contributed by atoms with Crippen LogP contribution in [0, 0.1) is 13.8 Å². The summed E-state index contributed by atoms with van der Waals surface area (Å²) in [5.41, 5.74) is 7.63. The highest BCUT2D eigenvalue weighted by Crippen LogP contribution is 2.31. The summed E-state index contributed by atoms with van der Waals surface area (Å²) in [4.78, 5) is 16.6. The van der Waals surface area contributed by atoms with Gasteiger partial charge in [-0.05, 0) is 73.1 Å². The van der Waals surface area contributed by atoms with Crippen LogP contribution in [0.15, 0.2) is 42.7 Å². The van der Waals surface area contributed by atoms with E-state index in [-0.39, 0.29) is 5.41 Å². The molecular weight excluding hydrogens is 448 g/mol. The van der Waals surface area contributed by atoms with Crippen LogP contribution < -0.4 is 15.0 Å². The minimum Gasteiger partial charge on any atom is -0.497 e. The lowest BCUT2D eigenvalue weighted by Gasteiger charge is -2.23. The molecule has 36 heavy (non-hydrogen) atoms. The van der Waals surface area contributed by atoms with E-state index < -0.39 is 0 Å². The summed E-state index contributed by atoms with van der Waals surface area (Å²) in [5.74, 6) is 2.32. The largest absolute Gasteiger partial charge is 0.497 e. The standard InChI is InChI=1S/C29H38N6O/c1-9-35(15-14-21-16-23(36-8)13-11-19(21)2)28-32-26-25(34(7)18-30-26)27(33-28)31-24-17-22(29(4,5)6)12-10-20(24)3/h10-13,16-18H,9,14-15H2,1-8H3,(H,31,32,33). The zero-order chi connectivity index (χ0) is 26.0. The third-order valence-corrected chi connectivity index (χ3v) is 6.79. The summed E-state index contributed by atoms with van der Waals surface area (Å²) in [6, 6.07) is 12.8. The van der Waals surface area contributed by atoms with E-state index in [0.29, 0.717) is 11.6 Å². The second-order valence-electron chi connectivity index (χ2n) is 10.4. The molecule has 4 rings (SSSR count). The van der Waals surface area contributed by atoms with Crippen molar-refractivity contribution < 1.29 is 4.74 Å². The van der Waals surface area contributed by atoms with Crippen LogP contribution in [0.5, 0.6) is 5.75 Å². The van der Waals surface area contributed by atoms with Gasteiger partial charge in [0.2, 0.25) is 5.95 Å². The molecule has 2 heterocycles. The van der Waals surface area contributed by atoms with Crippen LogP contribution in [0.25, 0.3) is 11.2 Å². The number of anilines is 3. The van der Waals surface area contributed by atoms with Crippen molar-refractivity contribution in [2.45, 2.75) is 53.4 Å². The van der Waals surface area contributed by atoms with Crippen molar-refractivity contribution >= 4 is 28.6 Å². The molecule has 0 atom stereocenters. The van der Waals surface area contributed by atoms with Gasteiger partial charge in [0.05, 0.1) is 13.4 Å². The number of likely N-dealkylation sites (N-methyl/N-ethyl adjacent to an activating group) is 1. The van der Waals surface area contributed by atoms with Gasteiger partial charge in [0.25, 0.3) is 0 Å². The Morgan fingerprint density at radius 1 is 1.03 bits per heavy atom. The van der Waals surface area contributed by atoms with Gasteiger partial charge >= 0.3 is 0 Å². The Morgan fingerprint density at radius 3 is 2.47 bits per heavy atom. The Hall–Kier alpha value is -3.61. The molecule has 0 saturated carbocycles. The Kier molecular flexibility index (Phi) is 7.20. The van der Waals surface area contributed by atoms with Gasteiger partial charge in [-0.1, -0.05) is 39.0 Å². The first-order valence-electron chi connectivity index (χ1n) is 12.6. The molecule has 0 aliphatic carbocycles. The predicted molar refractivity (Wildman–Crippen MR) is 149 cm³/mol. The van der Waals surface area contributed by atoms with Crippen molar-refractivity contribution in [1.29, 1.82) is 0 Å². The lowest BCUT2D eigenvalue weighted by molar-refractivity contribution is 0.414. The first kappa shape index (κ1) is 25.5. The van der Waals surface area contributed by atoms with Crippen molar-refractivity contribution in [2.75, 3.05) is 30.4 Å². The lowest BCUT2D eigenvalue weighted by atomic mass is 9.86. The van der Waals surface area contributed by atoms with Crippen molar-refractivity contribution in [3.05, 3.63) is 65.0 Å². The first-order valence-corrected chi connectivity index (χ1v) is 12.6. The molecule has 1 N–H and O–H groups in total. The number of nitrogens with zero attached hydrogens (tertiary/aromatic N) is 5. The van der Waals surface area contributed by atoms with E-state index in [2.05, 4.69) is 87.1 Å². The fourth-order valence-corrected chi connectivity index (χ4v) is 4.32. The van der Waals surface area contributed by atoms with Gasteiger partial charge in [0.15, 0.2) is 11.5 Å². The SMILES string of the molecule is CCN(CCc1cc(OC)ccc1C)c1nc(Nc2cc(C(C)(C)C)ccc2C)c2c(ncn2C)n1. The van der Waals surface area contributed by atoms with Gasteiger partial charge in [-0.25, -0.2) is 4.98 Å². The molecule has 7 heteroatoms. The number of imidazole rings is 1. The van der Waals surface area contributed by atoms with Gasteiger partial charge in [0.1, 0.15) is 11.3 Å². The molecule has 7 nitrogen and oxygen atoms in total. The van der Waals surface area contributed by atoms with Crippen LogP contribution in [0.4, 0.5) is 17.5 Å². The van der Waals surface area contributed by atoms with Gasteiger partial charge in [-0.3, -0.25) is 0 Å². The smallest absolute Gasteiger partial charge is 0.229 e. The minimum absolute atomic E-state index is 0.0556. The van der Waals surface area contributed by atoms with Crippen LogP contribution in [-0.2, 0) is 18.9 Å². The molecule has 0 amide bonds. The predicted octanol–water partition coefficient (Wildman–Crippen LogP) is 6.10. The van der Waals surface area contributed by atoms with E-state index in [9.17, 15) is 0 Å². The second kappa shape index (κ2) is 10.2. The Labute approximate surface area is 214 Å². The molecule has 0 saturated heterocycles. The molecule has 2 aromatic carbocycles. The number of methoxy groups -OCH3 is 1. The average Bonchev–Trinajstić information content (AvgIpc) is 3.22. The number of nitrogens with one attached hydrogen (secondary N) is 1. The van der Waals surface area contributed by atoms with E-state index in [1.54, 1.807) is 13.4 Å². The zero-order valence-electron chi connectivity index (χ0n) is 22.8. The number of hydrogen-bond donors (Lipinski definition) is 1. The van der Waals surface area contributed by atoms with Crippen molar-refractivity contribution in [2.24, 2.45) is 7.05 Å². The zero-order valence-corrected chi connectivity index (χ0v) is 22.8. The van der Waals surface area contributed by atoms with E-state index in [0.717, 1.165) is 42.3 Å². The third-order valence-electron chi connectivity index (χ3n) is 6.79. The number of aryl methyl sites for hydroxylation is 3. The van der Waals surface area contributed by atoms with Crippen molar-refractivity contribution in [3.63, 3.8) is 0 Å². The molecular formula is C29H38N6O. The molecule has 0 unspecified atom stereocenters. The van der Waals surface area contributed by atoms with E-state index >= 15 is 0 Å². The molecule has 190 valence electrons. The minimum atomic E-state index is 0.0556. The Balaban J connectivity index is 1.69. The highest BCUT2D eigenvalue weighted by atomic mass is 16.5. The molecule has 0 fully saturated rings. The van der Waals surface area contributed by atoms with Crippen LogP contribution in [0.1, 0.15) is 49.9 Å². The second-order valence-corrected chi connectivity index (χ2v) is 10.4. The normalized spacial score (nSPS) is 11.7. The van der Waals surface area contributed by atoms with Gasteiger partial charge in [-0.15, -0.1) is 0 Å². The number of rotatable bonds is 8. The van der Waals surface area contributed by atoms with Gasteiger partial charge in [0, 0.05) is 25.8 Å². The maximum Gasteiger partial charge on any atom is 0.229 e. The molecule has 0 spiro atoms. The van der Waals surface area contributed by atoms with Crippen LogP contribution in [0.3, 0.4) is 0 Å². The molecule has 0 bridgehead atoms. The third kappa shape index (κ3) is 5.30. The number of fused-ring (bicyclic) bond motifs is 1. The maximum atomic E-state index is 5.43. The fourth-order valence-electron chi connectivity index (χ4n) is 4.32. The average molecular weight is 487 g/mol.